The van der Waals surface area contributed by atoms with Crippen LogP contribution in [0.2, 0.25) is 0 Å². The Hall–Kier alpha value is -1.58. The lowest BCUT2D eigenvalue weighted by molar-refractivity contribution is 0.0941. The van der Waals surface area contributed by atoms with Crippen molar-refractivity contribution in [3.8, 4) is 5.75 Å². The molecule has 1 aromatic heterocycles. The molecule has 0 bridgehead atoms. The van der Waals surface area contributed by atoms with Crippen molar-refractivity contribution in [2.75, 3.05) is 6.54 Å². The van der Waals surface area contributed by atoms with Crippen molar-refractivity contribution in [3.63, 3.8) is 0 Å². The predicted molar refractivity (Wildman–Crippen MR) is 60.2 cm³/mol. The lowest BCUT2D eigenvalue weighted by Crippen LogP contribution is -2.28. The molecule has 1 aromatic rings. The van der Waals surface area contributed by atoms with Gasteiger partial charge in [0.05, 0.1) is 0 Å². The van der Waals surface area contributed by atoms with E-state index >= 15 is 0 Å². The summed E-state index contributed by atoms with van der Waals surface area (Å²) >= 11 is 0. The van der Waals surface area contributed by atoms with E-state index < -0.39 is 0 Å². The monoisotopic (exact) mass is 220 g/mol. The van der Waals surface area contributed by atoms with Crippen LogP contribution >= 0.6 is 0 Å². The summed E-state index contributed by atoms with van der Waals surface area (Å²) in [4.78, 5) is 15.5. The molecule has 16 heavy (non-hydrogen) atoms. The Balaban J connectivity index is 1.81. The molecule has 0 unspecified atom stereocenters. The molecular weight excluding hydrogens is 204 g/mol. The highest BCUT2D eigenvalue weighted by molar-refractivity contribution is 5.94. The number of carbonyl (C=O) groups excluding carboxylic acids is 1. The van der Waals surface area contributed by atoms with E-state index in [9.17, 15) is 9.90 Å². The fourth-order valence-electron chi connectivity index (χ4n) is 1.83. The van der Waals surface area contributed by atoms with E-state index in [4.69, 9.17) is 0 Å². The molecule has 0 aromatic carbocycles. The maximum atomic E-state index is 11.6. The molecule has 1 aliphatic carbocycles. The van der Waals surface area contributed by atoms with Crippen molar-refractivity contribution >= 4 is 5.91 Å². The van der Waals surface area contributed by atoms with Gasteiger partial charge in [-0.05, 0) is 24.5 Å². The third-order valence-electron chi connectivity index (χ3n) is 3.06. The van der Waals surface area contributed by atoms with Crippen LogP contribution in [-0.2, 0) is 0 Å². The van der Waals surface area contributed by atoms with E-state index in [2.05, 4.69) is 10.3 Å². The van der Waals surface area contributed by atoms with Gasteiger partial charge in [0, 0.05) is 12.7 Å². The van der Waals surface area contributed by atoms with Gasteiger partial charge < -0.3 is 10.4 Å². The number of aromatic nitrogens is 1. The van der Waals surface area contributed by atoms with Gasteiger partial charge in [-0.25, -0.2) is 4.98 Å². The van der Waals surface area contributed by atoms with E-state index in [-0.39, 0.29) is 17.4 Å². The molecule has 2 rings (SSSR count). The summed E-state index contributed by atoms with van der Waals surface area (Å²) in [5.41, 5.74) is 0.108. The smallest absolute Gasteiger partial charge is 0.273 e. The fourth-order valence-corrected chi connectivity index (χ4v) is 1.83. The molecule has 4 heteroatoms. The van der Waals surface area contributed by atoms with Crippen LogP contribution in [0.3, 0.4) is 0 Å². The number of hydrogen-bond donors (Lipinski definition) is 2. The molecule has 4 nitrogen and oxygen atoms in total. The maximum Gasteiger partial charge on any atom is 0.273 e. The molecule has 86 valence electrons. The minimum absolute atomic E-state index is 0.0661. The maximum absolute atomic E-state index is 11.6. The Labute approximate surface area is 94.7 Å². The summed E-state index contributed by atoms with van der Waals surface area (Å²) in [6.07, 6.45) is 6.41. The van der Waals surface area contributed by atoms with Gasteiger partial charge in [-0.2, -0.15) is 0 Å². The van der Waals surface area contributed by atoms with E-state index in [1.54, 1.807) is 6.07 Å². The van der Waals surface area contributed by atoms with Gasteiger partial charge in [-0.15, -0.1) is 0 Å². The van der Waals surface area contributed by atoms with Crippen molar-refractivity contribution < 1.29 is 9.90 Å². The number of amides is 1. The van der Waals surface area contributed by atoms with Gasteiger partial charge in [0.15, 0.2) is 5.69 Å². The van der Waals surface area contributed by atoms with Gasteiger partial charge in [-0.3, -0.25) is 4.79 Å². The number of nitrogens with one attached hydrogen (secondary N) is 1. The number of carbonyl (C=O) groups is 1. The minimum Gasteiger partial charge on any atom is -0.505 e. The average Bonchev–Trinajstić information content (AvgIpc) is 2.22. The van der Waals surface area contributed by atoms with Crippen LogP contribution in [0.15, 0.2) is 18.3 Å². The Bertz CT molecular complexity index is 375. The van der Waals surface area contributed by atoms with Gasteiger partial charge in [0.2, 0.25) is 0 Å². The molecule has 1 saturated carbocycles. The SMILES string of the molecule is O=C(NCCC1CCC1)c1ncccc1O. The zero-order valence-corrected chi connectivity index (χ0v) is 9.15. The quantitative estimate of drug-likeness (QED) is 0.812. The summed E-state index contributed by atoms with van der Waals surface area (Å²) < 4.78 is 0. The lowest BCUT2D eigenvalue weighted by atomic mass is 9.83. The third kappa shape index (κ3) is 2.51. The third-order valence-corrected chi connectivity index (χ3v) is 3.06. The summed E-state index contributed by atoms with van der Waals surface area (Å²) in [7, 11) is 0. The first kappa shape index (κ1) is 10.9. The normalized spacial score (nSPS) is 15.5. The van der Waals surface area contributed by atoms with Crippen molar-refractivity contribution in [2.24, 2.45) is 5.92 Å². The molecule has 0 saturated heterocycles. The zero-order chi connectivity index (χ0) is 11.4. The summed E-state index contributed by atoms with van der Waals surface area (Å²) in [5.74, 6) is 0.415. The highest BCUT2D eigenvalue weighted by atomic mass is 16.3. The molecule has 0 spiro atoms. The van der Waals surface area contributed by atoms with E-state index in [1.807, 2.05) is 0 Å². The van der Waals surface area contributed by atoms with Gasteiger partial charge in [0.1, 0.15) is 5.75 Å². The first-order valence-corrected chi connectivity index (χ1v) is 5.69. The van der Waals surface area contributed by atoms with Crippen molar-refractivity contribution in [1.29, 1.82) is 0 Å². The zero-order valence-electron chi connectivity index (χ0n) is 9.15. The van der Waals surface area contributed by atoms with Gasteiger partial charge in [0.25, 0.3) is 5.91 Å². The first-order valence-electron chi connectivity index (χ1n) is 5.69. The second-order valence-electron chi connectivity index (χ2n) is 4.21. The Morgan fingerprint density at radius 3 is 3.00 bits per heavy atom. The van der Waals surface area contributed by atoms with Crippen LogP contribution < -0.4 is 5.32 Å². The van der Waals surface area contributed by atoms with E-state index in [0.29, 0.717) is 6.54 Å². The van der Waals surface area contributed by atoms with Crippen molar-refractivity contribution in [1.82, 2.24) is 10.3 Å². The molecular formula is C12H16N2O2. The van der Waals surface area contributed by atoms with Crippen LogP contribution in [0.5, 0.6) is 5.75 Å². The second kappa shape index (κ2) is 4.96. The van der Waals surface area contributed by atoms with Crippen LogP contribution in [0, 0.1) is 5.92 Å². The minimum atomic E-state index is -0.294. The standard InChI is InChI=1S/C12H16N2O2/c15-10-5-2-7-13-11(10)12(16)14-8-6-9-3-1-4-9/h2,5,7,9,15H,1,3-4,6,8H2,(H,14,16). The summed E-state index contributed by atoms with van der Waals surface area (Å²) in [6.45, 7) is 0.666. The van der Waals surface area contributed by atoms with Crippen molar-refractivity contribution in [3.05, 3.63) is 24.0 Å². The highest BCUT2D eigenvalue weighted by Gasteiger charge is 2.17. The van der Waals surface area contributed by atoms with Crippen LogP contribution in [0.25, 0.3) is 0 Å². The molecule has 0 aliphatic heterocycles. The van der Waals surface area contributed by atoms with Crippen LogP contribution in [0.1, 0.15) is 36.2 Å². The van der Waals surface area contributed by atoms with E-state index in [0.717, 1.165) is 12.3 Å². The molecule has 0 atom stereocenters. The first-order chi connectivity index (χ1) is 7.77. The molecule has 1 fully saturated rings. The summed E-state index contributed by atoms with van der Waals surface area (Å²) in [5, 5.41) is 12.2. The molecule has 1 amide bonds. The Morgan fingerprint density at radius 2 is 2.38 bits per heavy atom. The molecule has 2 N–H and O–H groups in total. The van der Waals surface area contributed by atoms with Crippen LogP contribution in [0.4, 0.5) is 0 Å². The molecule has 1 heterocycles. The fraction of sp³-hybridized carbons (Fsp3) is 0.500. The second-order valence-corrected chi connectivity index (χ2v) is 4.21. The van der Waals surface area contributed by atoms with Gasteiger partial charge in [-0.1, -0.05) is 19.3 Å². The lowest BCUT2D eigenvalue weighted by Gasteiger charge is -2.25. The number of nitrogens with zero attached hydrogens (tertiary/aromatic N) is 1. The Kier molecular flexibility index (Phi) is 3.39. The number of aromatic hydroxyl groups is 1. The van der Waals surface area contributed by atoms with E-state index in [1.165, 1.54) is 31.5 Å². The van der Waals surface area contributed by atoms with Crippen LogP contribution in [-0.4, -0.2) is 22.5 Å². The largest absolute Gasteiger partial charge is 0.505 e. The molecule has 0 radical (unpaired) electrons. The predicted octanol–water partition coefficient (Wildman–Crippen LogP) is 1.71. The average molecular weight is 220 g/mol. The highest BCUT2D eigenvalue weighted by Crippen LogP contribution is 2.28. The van der Waals surface area contributed by atoms with Gasteiger partial charge >= 0.3 is 0 Å². The Morgan fingerprint density at radius 1 is 1.56 bits per heavy atom. The molecule has 1 aliphatic rings. The number of hydrogen-bond acceptors (Lipinski definition) is 3. The topological polar surface area (TPSA) is 62.2 Å². The number of rotatable bonds is 4. The number of pyridine rings is 1. The summed E-state index contributed by atoms with van der Waals surface area (Å²) in [6, 6.07) is 3.06. The van der Waals surface area contributed by atoms with Crippen molar-refractivity contribution in [2.45, 2.75) is 25.7 Å².